The number of rotatable bonds is 4. The van der Waals surface area contributed by atoms with Crippen molar-refractivity contribution in [2.75, 3.05) is 5.73 Å². The smallest absolute Gasteiger partial charge is 0.257 e. The molecule has 0 fully saturated rings. The lowest BCUT2D eigenvalue weighted by molar-refractivity contribution is 0.0953. The van der Waals surface area contributed by atoms with Gasteiger partial charge < -0.3 is 11.1 Å². The van der Waals surface area contributed by atoms with Gasteiger partial charge in [-0.3, -0.25) is 9.36 Å². The molecule has 5 rings (SSSR count). The van der Waals surface area contributed by atoms with Gasteiger partial charge in [0, 0.05) is 16.6 Å². The average molecular weight is 476 g/mol. The highest BCUT2D eigenvalue weighted by Crippen LogP contribution is 2.33. The molecule has 0 saturated carbocycles. The van der Waals surface area contributed by atoms with Gasteiger partial charge in [-0.15, -0.1) is 0 Å². The number of amides is 1. The number of halogens is 2. The minimum absolute atomic E-state index is 0.208. The van der Waals surface area contributed by atoms with E-state index < -0.39 is 0 Å². The van der Waals surface area contributed by atoms with Gasteiger partial charge in [0.05, 0.1) is 16.7 Å². The minimum Gasteiger partial charge on any atom is -0.384 e. The first-order valence-electron chi connectivity index (χ1n) is 10.3. The van der Waals surface area contributed by atoms with Crippen molar-refractivity contribution in [3.05, 3.63) is 93.5 Å². The summed E-state index contributed by atoms with van der Waals surface area (Å²) in [6, 6.07) is 20.5. The van der Waals surface area contributed by atoms with Crippen molar-refractivity contribution in [1.29, 1.82) is 0 Å². The molecule has 0 aliphatic rings. The van der Waals surface area contributed by atoms with Gasteiger partial charge in [-0.1, -0.05) is 65.2 Å². The van der Waals surface area contributed by atoms with Crippen LogP contribution in [0.15, 0.2) is 66.7 Å². The van der Waals surface area contributed by atoms with E-state index in [1.165, 1.54) is 0 Å². The highest BCUT2D eigenvalue weighted by molar-refractivity contribution is 6.35. The summed E-state index contributed by atoms with van der Waals surface area (Å²) in [7, 11) is 0. The number of benzene rings is 3. The number of nitrogens with zero attached hydrogens (tertiary/aromatic N) is 3. The number of nitrogens with one attached hydrogen (secondary N) is 1. The van der Waals surface area contributed by atoms with E-state index >= 15 is 0 Å². The second kappa shape index (κ2) is 8.39. The highest BCUT2D eigenvalue weighted by Gasteiger charge is 2.25. The lowest BCUT2D eigenvalue weighted by Gasteiger charge is -2.09. The van der Waals surface area contributed by atoms with Crippen molar-refractivity contribution in [3.8, 4) is 5.69 Å². The number of aromatic nitrogens is 3. The molecule has 3 aromatic carbocycles. The van der Waals surface area contributed by atoms with Gasteiger partial charge in [-0.25, -0.2) is 9.97 Å². The number of hydrogen-bond acceptors (Lipinski definition) is 4. The van der Waals surface area contributed by atoms with Crippen LogP contribution >= 0.6 is 23.2 Å². The Hall–Kier alpha value is -3.61. The normalized spacial score (nSPS) is 11.2. The molecule has 5 aromatic rings. The van der Waals surface area contributed by atoms with Gasteiger partial charge in [0.2, 0.25) is 0 Å². The molecule has 6 nitrogen and oxygen atoms in total. The van der Waals surface area contributed by atoms with Crippen molar-refractivity contribution in [1.82, 2.24) is 19.9 Å². The van der Waals surface area contributed by atoms with Crippen LogP contribution in [0, 0.1) is 6.92 Å². The van der Waals surface area contributed by atoms with Gasteiger partial charge in [-0.05, 0) is 42.8 Å². The molecule has 3 N–H and O–H groups in total. The maximum Gasteiger partial charge on any atom is 0.257 e. The van der Waals surface area contributed by atoms with E-state index in [4.69, 9.17) is 38.9 Å². The number of carbonyl (C=O) groups is 1. The lowest BCUT2D eigenvalue weighted by Crippen LogP contribution is -2.24. The van der Waals surface area contributed by atoms with Crippen molar-refractivity contribution in [2.24, 2.45) is 0 Å². The van der Waals surface area contributed by atoms with E-state index in [0.717, 1.165) is 11.1 Å². The number of para-hydroxylation sites is 2. The summed E-state index contributed by atoms with van der Waals surface area (Å²) in [6.45, 7) is 2.37. The molecule has 164 valence electrons. The second-order valence-electron chi connectivity index (χ2n) is 7.78. The van der Waals surface area contributed by atoms with Gasteiger partial charge >= 0.3 is 0 Å². The number of hydrogen-bond donors (Lipinski definition) is 2. The van der Waals surface area contributed by atoms with Gasteiger partial charge in [0.25, 0.3) is 5.91 Å². The van der Waals surface area contributed by atoms with Crippen LogP contribution in [-0.4, -0.2) is 20.4 Å². The number of fused-ring (bicyclic) bond motifs is 2. The number of nitrogen functional groups attached to an aromatic ring is 1. The molecule has 0 spiro atoms. The van der Waals surface area contributed by atoms with E-state index in [2.05, 4.69) is 5.32 Å². The third-order valence-corrected chi connectivity index (χ3v) is 5.84. The predicted octanol–water partition coefficient (Wildman–Crippen LogP) is 5.70. The topological polar surface area (TPSA) is 85.8 Å². The predicted molar refractivity (Wildman–Crippen MR) is 133 cm³/mol. The molecular weight excluding hydrogens is 457 g/mol. The Morgan fingerprint density at radius 2 is 1.61 bits per heavy atom. The minimum atomic E-state index is -0.338. The van der Waals surface area contributed by atoms with Crippen LogP contribution in [0.25, 0.3) is 27.9 Å². The molecule has 0 atom stereocenters. The fourth-order valence-electron chi connectivity index (χ4n) is 3.79. The highest BCUT2D eigenvalue weighted by atomic mass is 35.5. The van der Waals surface area contributed by atoms with Crippen molar-refractivity contribution in [2.45, 2.75) is 13.5 Å². The molecule has 0 radical (unpaired) electrons. The summed E-state index contributed by atoms with van der Waals surface area (Å²) in [5, 5.41) is 3.84. The Bertz CT molecular complexity index is 1510. The molecular formula is C25H19Cl2N5O. The third kappa shape index (κ3) is 3.99. The van der Waals surface area contributed by atoms with Crippen LogP contribution < -0.4 is 11.1 Å². The largest absolute Gasteiger partial charge is 0.384 e. The summed E-state index contributed by atoms with van der Waals surface area (Å²) in [5.41, 5.74) is 11.7. The Morgan fingerprint density at radius 1 is 0.970 bits per heavy atom. The van der Waals surface area contributed by atoms with Gasteiger partial charge in [-0.2, -0.15) is 0 Å². The zero-order valence-corrected chi connectivity index (χ0v) is 19.2. The SMILES string of the molecule is Cc1ccc(CNC(=O)c2c(N)n(-c3cc(Cl)cc(Cl)c3)c3nc4ccccc4nc23)cc1. The summed E-state index contributed by atoms with van der Waals surface area (Å²) in [4.78, 5) is 22.8. The zero-order valence-electron chi connectivity index (χ0n) is 17.6. The Labute approximate surface area is 200 Å². The van der Waals surface area contributed by atoms with Crippen LogP contribution in [0.2, 0.25) is 10.0 Å². The molecule has 0 unspecified atom stereocenters. The molecule has 8 heteroatoms. The Kier molecular flexibility index (Phi) is 5.40. The first-order chi connectivity index (χ1) is 15.9. The summed E-state index contributed by atoms with van der Waals surface area (Å²) in [5.74, 6) is -0.130. The second-order valence-corrected chi connectivity index (χ2v) is 8.65. The van der Waals surface area contributed by atoms with E-state index in [0.29, 0.717) is 44.5 Å². The van der Waals surface area contributed by atoms with Gasteiger partial charge in [0.1, 0.15) is 16.9 Å². The van der Waals surface area contributed by atoms with Crippen LogP contribution in [-0.2, 0) is 6.54 Å². The van der Waals surface area contributed by atoms with Crippen molar-refractivity contribution < 1.29 is 4.79 Å². The Balaban J connectivity index is 1.67. The molecule has 0 saturated heterocycles. The quantitative estimate of drug-likeness (QED) is 0.348. The van der Waals surface area contributed by atoms with E-state index in [1.54, 1.807) is 22.8 Å². The first-order valence-corrected chi connectivity index (χ1v) is 11.0. The molecule has 0 aliphatic heterocycles. The Morgan fingerprint density at radius 3 is 2.27 bits per heavy atom. The van der Waals surface area contributed by atoms with E-state index in [9.17, 15) is 4.79 Å². The average Bonchev–Trinajstić information content (AvgIpc) is 3.07. The van der Waals surface area contributed by atoms with E-state index in [1.807, 2.05) is 55.5 Å². The maximum atomic E-state index is 13.3. The molecule has 2 heterocycles. The monoisotopic (exact) mass is 475 g/mol. The summed E-state index contributed by atoms with van der Waals surface area (Å²) < 4.78 is 1.66. The number of carbonyl (C=O) groups excluding carboxylic acids is 1. The lowest BCUT2D eigenvalue weighted by atomic mass is 10.1. The van der Waals surface area contributed by atoms with Crippen LogP contribution in [0.5, 0.6) is 0 Å². The molecule has 0 aliphatic carbocycles. The number of aryl methyl sites for hydroxylation is 1. The van der Waals surface area contributed by atoms with E-state index in [-0.39, 0.29) is 17.3 Å². The van der Waals surface area contributed by atoms with Crippen LogP contribution in [0.4, 0.5) is 5.82 Å². The summed E-state index contributed by atoms with van der Waals surface area (Å²) in [6.07, 6.45) is 0. The standard InChI is InChI=1S/C25H19Cl2N5O/c1-14-6-8-15(9-7-14)13-29-25(33)21-22-24(31-20-5-3-2-4-19(20)30-22)32(23(21)28)18-11-16(26)10-17(27)12-18/h2-12H,13,28H2,1H3,(H,29,33). The molecule has 2 aromatic heterocycles. The molecule has 33 heavy (non-hydrogen) atoms. The molecule has 0 bridgehead atoms. The van der Waals surface area contributed by atoms with Crippen molar-refractivity contribution in [3.63, 3.8) is 0 Å². The zero-order chi connectivity index (χ0) is 23.1. The maximum absolute atomic E-state index is 13.3. The van der Waals surface area contributed by atoms with Gasteiger partial charge in [0.15, 0.2) is 5.65 Å². The first kappa shape index (κ1) is 21.2. The molecule has 1 amide bonds. The van der Waals surface area contributed by atoms with Crippen LogP contribution in [0.3, 0.4) is 0 Å². The number of nitrogens with two attached hydrogens (primary N) is 1. The van der Waals surface area contributed by atoms with Crippen molar-refractivity contribution >= 4 is 57.1 Å². The van der Waals surface area contributed by atoms with Crippen LogP contribution in [0.1, 0.15) is 21.5 Å². The summed E-state index contributed by atoms with van der Waals surface area (Å²) >= 11 is 12.5. The number of anilines is 1. The fraction of sp³-hybridized carbons (Fsp3) is 0.0800. The fourth-order valence-corrected chi connectivity index (χ4v) is 4.31. The third-order valence-electron chi connectivity index (χ3n) is 5.40.